The maximum Gasteiger partial charge on any atom is 0.257 e. The van der Waals surface area contributed by atoms with Gasteiger partial charge in [-0.1, -0.05) is 35.3 Å². The normalized spacial score (nSPS) is 14.7. The highest BCUT2D eigenvalue weighted by Crippen LogP contribution is 2.25. The topological polar surface area (TPSA) is 58.6 Å². The van der Waals surface area contributed by atoms with Crippen molar-refractivity contribution in [1.82, 2.24) is 10.2 Å². The predicted molar refractivity (Wildman–Crippen MR) is 106 cm³/mol. The van der Waals surface area contributed by atoms with Crippen molar-refractivity contribution in [3.8, 4) is 5.75 Å². The molecular formula is C20H20Cl2N2O3. The average molecular weight is 407 g/mol. The van der Waals surface area contributed by atoms with Crippen LogP contribution in [0.4, 0.5) is 0 Å². The van der Waals surface area contributed by atoms with E-state index in [0.29, 0.717) is 52.9 Å². The van der Waals surface area contributed by atoms with Crippen LogP contribution in [-0.4, -0.2) is 43.0 Å². The van der Waals surface area contributed by atoms with Crippen molar-refractivity contribution in [2.75, 3.05) is 20.2 Å². The van der Waals surface area contributed by atoms with E-state index in [1.807, 2.05) is 0 Å². The minimum absolute atomic E-state index is 0.000852. The lowest BCUT2D eigenvalue weighted by Gasteiger charge is -2.32. The van der Waals surface area contributed by atoms with Crippen LogP contribution in [0.2, 0.25) is 10.0 Å². The highest BCUT2D eigenvalue weighted by atomic mass is 35.5. The maximum atomic E-state index is 12.8. The van der Waals surface area contributed by atoms with Crippen LogP contribution in [0.15, 0.2) is 42.5 Å². The molecule has 2 aromatic rings. The fourth-order valence-corrected chi connectivity index (χ4v) is 3.55. The summed E-state index contributed by atoms with van der Waals surface area (Å²) in [4.78, 5) is 26.9. The van der Waals surface area contributed by atoms with E-state index in [1.54, 1.807) is 47.4 Å². The third-order valence-electron chi connectivity index (χ3n) is 4.63. The fourth-order valence-electron chi connectivity index (χ4n) is 3.15. The Morgan fingerprint density at radius 2 is 1.78 bits per heavy atom. The number of rotatable bonds is 4. The van der Waals surface area contributed by atoms with E-state index < -0.39 is 0 Å². The molecule has 0 atom stereocenters. The SMILES string of the molecule is COc1ccc(Cl)cc1C(=O)N1CCC(NC(=O)c2ccccc2Cl)CC1. The van der Waals surface area contributed by atoms with Crippen LogP contribution in [-0.2, 0) is 0 Å². The summed E-state index contributed by atoms with van der Waals surface area (Å²) in [6, 6.07) is 11.9. The Morgan fingerprint density at radius 1 is 1.07 bits per heavy atom. The summed E-state index contributed by atoms with van der Waals surface area (Å²) < 4.78 is 5.27. The molecule has 7 heteroatoms. The number of ether oxygens (including phenoxy) is 1. The molecular weight excluding hydrogens is 387 g/mol. The number of amides is 2. The summed E-state index contributed by atoms with van der Waals surface area (Å²) in [7, 11) is 1.52. The standard InChI is InChI=1S/C20H20Cl2N2O3/c1-27-18-7-6-13(21)12-16(18)20(26)24-10-8-14(9-11-24)23-19(25)15-4-2-3-5-17(15)22/h2-7,12,14H,8-11H2,1H3,(H,23,25). The largest absolute Gasteiger partial charge is 0.496 e. The minimum atomic E-state index is -0.193. The zero-order valence-electron chi connectivity index (χ0n) is 14.9. The van der Waals surface area contributed by atoms with Gasteiger partial charge in [-0.3, -0.25) is 9.59 Å². The third kappa shape index (κ3) is 4.54. The van der Waals surface area contributed by atoms with Crippen LogP contribution in [0.5, 0.6) is 5.75 Å². The smallest absolute Gasteiger partial charge is 0.257 e. The first-order chi connectivity index (χ1) is 13.0. The number of carbonyl (C=O) groups excluding carboxylic acids is 2. The molecule has 0 aromatic heterocycles. The number of halogens is 2. The number of hydrogen-bond donors (Lipinski definition) is 1. The lowest BCUT2D eigenvalue weighted by molar-refractivity contribution is 0.0695. The van der Waals surface area contributed by atoms with Crippen LogP contribution in [0.1, 0.15) is 33.6 Å². The van der Waals surface area contributed by atoms with Gasteiger partial charge in [-0.15, -0.1) is 0 Å². The molecule has 1 saturated heterocycles. The lowest BCUT2D eigenvalue weighted by atomic mass is 10.0. The van der Waals surface area contributed by atoms with E-state index in [9.17, 15) is 9.59 Å². The molecule has 1 heterocycles. The molecule has 2 aromatic carbocycles. The molecule has 1 aliphatic rings. The van der Waals surface area contributed by atoms with E-state index in [2.05, 4.69) is 5.32 Å². The Balaban J connectivity index is 1.61. The van der Waals surface area contributed by atoms with Gasteiger partial charge in [-0.05, 0) is 43.2 Å². The molecule has 1 fully saturated rings. The number of hydrogen-bond acceptors (Lipinski definition) is 3. The number of benzene rings is 2. The van der Waals surface area contributed by atoms with E-state index in [1.165, 1.54) is 7.11 Å². The quantitative estimate of drug-likeness (QED) is 0.833. The van der Waals surface area contributed by atoms with Gasteiger partial charge in [0.15, 0.2) is 0 Å². The van der Waals surface area contributed by atoms with Gasteiger partial charge in [0.25, 0.3) is 11.8 Å². The Hall–Kier alpha value is -2.24. The zero-order valence-corrected chi connectivity index (χ0v) is 16.4. The van der Waals surface area contributed by atoms with Crippen LogP contribution >= 0.6 is 23.2 Å². The predicted octanol–water partition coefficient (Wildman–Crippen LogP) is 4.04. The average Bonchev–Trinajstić information content (AvgIpc) is 2.68. The molecule has 5 nitrogen and oxygen atoms in total. The van der Waals surface area contributed by atoms with Gasteiger partial charge in [0.2, 0.25) is 0 Å². The summed E-state index contributed by atoms with van der Waals surface area (Å²) >= 11 is 12.1. The molecule has 0 aliphatic carbocycles. The number of nitrogens with one attached hydrogen (secondary N) is 1. The molecule has 1 N–H and O–H groups in total. The fraction of sp³-hybridized carbons (Fsp3) is 0.300. The van der Waals surface area contributed by atoms with Crippen molar-refractivity contribution in [3.63, 3.8) is 0 Å². The summed E-state index contributed by atoms with van der Waals surface area (Å²) in [5, 5.41) is 3.91. The molecule has 0 saturated carbocycles. The molecule has 0 spiro atoms. The Morgan fingerprint density at radius 3 is 2.44 bits per heavy atom. The van der Waals surface area contributed by atoms with Gasteiger partial charge in [0, 0.05) is 24.2 Å². The molecule has 142 valence electrons. The molecule has 3 rings (SSSR count). The van der Waals surface area contributed by atoms with Gasteiger partial charge in [-0.2, -0.15) is 0 Å². The first-order valence-corrected chi connectivity index (χ1v) is 9.43. The van der Waals surface area contributed by atoms with Gasteiger partial charge >= 0.3 is 0 Å². The third-order valence-corrected chi connectivity index (χ3v) is 5.19. The van der Waals surface area contributed by atoms with Crippen LogP contribution in [0.25, 0.3) is 0 Å². The minimum Gasteiger partial charge on any atom is -0.496 e. The van der Waals surface area contributed by atoms with E-state index >= 15 is 0 Å². The Labute approximate surface area is 168 Å². The number of piperidine rings is 1. The van der Waals surface area contributed by atoms with Crippen LogP contribution in [0.3, 0.4) is 0 Å². The number of nitrogens with zero attached hydrogens (tertiary/aromatic N) is 1. The van der Waals surface area contributed by atoms with Crippen molar-refractivity contribution in [3.05, 3.63) is 63.6 Å². The summed E-state index contributed by atoms with van der Waals surface area (Å²) in [6.45, 7) is 1.09. The summed E-state index contributed by atoms with van der Waals surface area (Å²) in [5.41, 5.74) is 0.907. The van der Waals surface area contributed by atoms with Gasteiger partial charge in [0.1, 0.15) is 5.75 Å². The maximum absolute atomic E-state index is 12.8. The molecule has 1 aliphatic heterocycles. The first-order valence-electron chi connectivity index (χ1n) is 8.68. The second kappa shape index (κ2) is 8.63. The summed E-state index contributed by atoms with van der Waals surface area (Å²) in [6.07, 6.45) is 1.34. The van der Waals surface area contributed by atoms with Crippen molar-refractivity contribution in [2.45, 2.75) is 18.9 Å². The van der Waals surface area contributed by atoms with E-state index in [4.69, 9.17) is 27.9 Å². The van der Waals surface area contributed by atoms with E-state index in [-0.39, 0.29) is 17.9 Å². The van der Waals surface area contributed by atoms with E-state index in [0.717, 1.165) is 0 Å². The molecule has 27 heavy (non-hydrogen) atoms. The van der Waals surface area contributed by atoms with Gasteiger partial charge < -0.3 is 15.0 Å². The first kappa shape index (κ1) is 19.5. The van der Waals surface area contributed by atoms with Crippen LogP contribution < -0.4 is 10.1 Å². The molecule has 2 amide bonds. The Kier molecular flexibility index (Phi) is 6.24. The molecule has 0 bridgehead atoms. The monoisotopic (exact) mass is 406 g/mol. The second-order valence-corrected chi connectivity index (χ2v) is 7.21. The zero-order chi connectivity index (χ0) is 19.4. The van der Waals surface area contributed by atoms with Gasteiger partial charge in [-0.25, -0.2) is 0 Å². The van der Waals surface area contributed by atoms with Gasteiger partial charge in [0.05, 0.1) is 23.3 Å². The Bertz CT molecular complexity index is 849. The number of methoxy groups -OCH3 is 1. The highest BCUT2D eigenvalue weighted by molar-refractivity contribution is 6.33. The highest BCUT2D eigenvalue weighted by Gasteiger charge is 2.27. The van der Waals surface area contributed by atoms with Crippen molar-refractivity contribution >= 4 is 35.0 Å². The van der Waals surface area contributed by atoms with Crippen molar-refractivity contribution in [2.24, 2.45) is 0 Å². The molecule has 0 unspecified atom stereocenters. The summed E-state index contributed by atoms with van der Waals surface area (Å²) in [5.74, 6) is 0.186. The number of likely N-dealkylation sites (tertiary alicyclic amines) is 1. The number of carbonyl (C=O) groups is 2. The van der Waals surface area contributed by atoms with Crippen molar-refractivity contribution < 1.29 is 14.3 Å². The van der Waals surface area contributed by atoms with Crippen molar-refractivity contribution in [1.29, 1.82) is 0 Å². The lowest BCUT2D eigenvalue weighted by Crippen LogP contribution is -2.46. The second-order valence-electron chi connectivity index (χ2n) is 6.36. The molecule has 0 radical (unpaired) electrons. The van der Waals surface area contributed by atoms with Crippen LogP contribution in [0, 0.1) is 0 Å².